The summed E-state index contributed by atoms with van der Waals surface area (Å²) in [4.78, 5) is 15.7. The summed E-state index contributed by atoms with van der Waals surface area (Å²) in [5, 5.41) is 1.49. The highest BCUT2D eigenvalue weighted by Crippen LogP contribution is 2.25. The van der Waals surface area contributed by atoms with E-state index < -0.39 is 0 Å². The molecular weight excluding hydrogens is 258 g/mol. The van der Waals surface area contributed by atoms with E-state index in [0.717, 1.165) is 22.0 Å². The lowest BCUT2D eigenvalue weighted by Crippen LogP contribution is -2.02. The van der Waals surface area contributed by atoms with Crippen LogP contribution in [0.5, 0.6) is 0 Å². The average Bonchev–Trinajstić information content (AvgIpc) is 2.81. The predicted molar refractivity (Wildman–Crippen MR) is 77.9 cm³/mol. The van der Waals surface area contributed by atoms with Gasteiger partial charge < -0.3 is 4.98 Å². The van der Waals surface area contributed by atoms with Crippen molar-refractivity contribution >= 4 is 28.3 Å². The van der Waals surface area contributed by atoms with Gasteiger partial charge in [-0.3, -0.25) is 4.79 Å². The van der Waals surface area contributed by atoms with Gasteiger partial charge in [-0.05, 0) is 30.7 Å². The van der Waals surface area contributed by atoms with Gasteiger partial charge >= 0.3 is 0 Å². The topological polar surface area (TPSA) is 32.9 Å². The van der Waals surface area contributed by atoms with Crippen molar-refractivity contribution in [2.24, 2.45) is 0 Å². The van der Waals surface area contributed by atoms with Crippen LogP contribution in [-0.4, -0.2) is 10.8 Å². The second-order valence-electron chi connectivity index (χ2n) is 4.54. The summed E-state index contributed by atoms with van der Waals surface area (Å²) in [5.41, 5.74) is 3.28. The second kappa shape index (κ2) is 4.56. The molecule has 0 spiro atoms. The van der Waals surface area contributed by atoms with Crippen molar-refractivity contribution in [2.45, 2.75) is 6.92 Å². The number of aromatic amines is 1. The van der Waals surface area contributed by atoms with Gasteiger partial charge in [0.15, 0.2) is 5.78 Å². The number of aromatic nitrogens is 1. The summed E-state index contributed by atoms with van der Waals surface area (Å²) in [6.07, 6.45) is 1.75. The number of rotatable bonds is 2. The largest absolute Gasteiger partial charge is 0.360 e. The third kappa shape index (κ3) is 2.04. The van der Waals surface area contributed by atoms with Crippen LogP contribution in [0.3, 0.4) is 0 Å². The van der Waals surface area contributed by atoms with Crippen molar-refractivity contribution in [3.05, 3.63) is 70.4 Å². The van der Waals surface area contributed by atoms with Crippen LogP contribution in [0.15, 0.2) is 48.7 Å². The lowest BCUT2D eigenvalue weighted by molar-refractivity contribution is 0.104. The molecule has 0 aliphatic carbocycles. The molecule has 1 N–H and O–H groups in total. The first-order valence-corrected chi connectivity index (χ1v) is 6.41. The predicted octanol–water partition coefficient (Wildman–Crippen LogP) is 4.36. The Morgan fingerprint density at radius 1 is 1.11 bits per heavy atom. The Kier molecular flexibility index (Phi) is 2.88. The molecule has 3 rings (SSSR count). The van der Waals surface area contributed by atoms with E-state index in [4.69, 9.17) is 11.6 Å². The van der Waals surface area contributed by atoms with E-state index >= 15 is 0 Å². The quantitative estimate of drug-likeness (QED) is 0.689. The Labute approximate surface area is 116 Å². The van der Waals surface area contributed by atoms with E-state index in [0.29, 0.717) is 10.6 Å². The Balaban J connectivity index is 2.17. The zero-order valence-corrected chi connectivity index (χ0v) is 11.2. The highest BCUT2D eigenvalue weighted by Gasteiger charge is 2.15. The second-order valence-corrected chi connectivity index (χ2v) is 4.97. The summed E-state index contributed by atoms with van der Waals surface area (Å²) in [6, 6.07) is 13.1. The van der Waals surface area contributed by atoms with Crippen molar-refractivity contribution in [1.82, 2.24) is 4.98 Å². The van der Waals surface area contributed by atoms with Crippen LogP contribution in [0.1, 0.15) is 21.5 Å². The summed E-state index contributed by atoms with van der Waals surface area (Å²) >= 11 is 6.00. The van der Waals surface area contributed by atoms with Crippen molar-refractivity contribution < 1.29 is 4.79 Å². The van der Waals surface area contributed by atoms with Gasteiger partial charge in [-0.1, -0.05) is 35.9 Å². The summed E-state index contributed by atoms with van der Waals surface area (Å²) in [5.74, 6) is 0.0200. The number of ketones is 1. The lowest BCUT2D eigenvalue weighted by atomic mass is 9.99. The fourth-order valence-corrected chi connectivity index (χ4v) is 2.43. The molecule has 1 heterocycles. The Hall–Kier alpha value is -2.06. The number of H-pyrrole nitrogens is 1. The highest BCUT2D eigenvalue weighted by atomic mass is 35.5. The van der Waals surface area contributed by atoms with Crippen molar-refractivity contribution in [3.63, 3.8) is 0 Å². The van der Waals surface area contributed by atoms with Crippen molar-refractivity contribution in [1.29, 1.82) is 0 Å². The third-order valence-corrected chi connectivity index (χ3v) is 3.51. The summed E-state index contributed by atoms with van der Waals surface area (Å²) in [6.45, 7) is 1.94. The number of halogens is 1. The van der Waals surface area contributed by atoms with E-state index in [1.807, 2.05) is 49.4 Å². The number of aryl methyl sites for hydroxylation is 1. The molecule has 0 radical (unpaired) electrons. The highest BCUT2D eigenvalue weighted by molar-refractivity contribution is 6.31. The van der Waals surface area contributed by atoms with Gasteiger partial charge in [-0.25, -0.2) is 0 Å². The first-order chi connectivity index (χ1) is 9.16. The minimum absolute atomic E-state index is 0.0200. The van der Waals surface area contributed by atoms with Crippen LogP contribution in [0.2, 0.25) is 5.02 Å². The van der Waals surface area contributed by atoms with Gasteiger partial charge in [0.25, 0.3) is 0 Å². The molecule has 0 atom stereocenters. The van der Waals surface area contributed by atoms with Gasteiger partial charge in [0.2, 0.25) is 0 Å². The number of carbonyl (C=O) groups excluding carboxylic acids is 1. The molecule has 0 fully saturated rings. The monoisotopic (exact) mass is 269 g/mol. The summed E-state index contributed by atoms with van der Waals surface area (Å²) < 4.78 is 0. The number of hydrogen-bond donors (Lipinski definition) is 1. The van der Waals surface area contributed by atoms with Gasteiger partial charge in [-0.15, -0.1) is 0 Å². The van der Waals surface area contributed by atoms with Gasteiger partial charge in [0, 0.05) is 33.2 Å². The molecule has 0 unspecified atom stereocenters. The molecule has 0 saturated heterocycles. The number of benzene rings is 2. The maximum absolute atomic E-state index is 12.6. The van der Waals surface area contributed by atoms with Crippen LogP contribution in [0.25, 0.3) is 10.9 Å². The molecule has 0 saturated carbocycles. The van der Waals surface area contributed by atoms with Crippen LogP contribution in [0.4, 0.5) is 0 Å². The molecule has 2 nitrogen and oxygen atoms in total. The normalized spacial score (nSPS) is 10.8. The number of carbonyl (C=O) groups is 1. The molecule has 1 aromatic heterocycles. The average molecular weight is 270 g/mol. The standard InChI is InChI=1S/C16H12ClNO/c1-10-4-2-3-5-12(10)16(19)14-9-18-15-7-6-11(17)8-13(14)15/h2-9,18H,1H3. The van der Waals surface area contributed by atoms with Crippen LogP contribution in [0, 0.1) is 6.92 Å². The minimum atomic E-state index is 0.0200. The first-order valence-electron chi connectivity index (χ1n) is 6.04. The number of hydrogen-bond acceptors (Lipinski definition) is 1. The van der Waals surface area contributed by atoms with Crippen LogP contribution < -0.4 is 0 Å². The molecule has 94 valence electrons. The zero-order chi connectivity index (χ0) is 13.4. The molecule has 0 aliphatic rings. The molecule has 2 aromatic carbocycles. The fourth-order valence-electron chi connectivity index (χ4n) is 2.25. The third-order valence-electron chi connectivity index (χ3n) is 3.28. The van der Waals surface area contributed by atoms with E-state index in [1.165, 1.54) is 0 Å². The zero-order valence-electron chi connectivity index (χ0n) is 10.4. The lowest BCUT2D eigenvalue weighted by Gasteiger charge is -2.03. The van der Waals surface area contributed by atoms with E-state index in [9.17, 15) is 4.79 Å². The van der Waals surface area contributed by atoms with E-state index in [1.54, 1.807) is 6.20 Å². The van der Waals surface area contributed by atoms with Gasteiger partial charge in [0.05, 0.1) is 0 Å². The van der Waals surface area contributed by atoms with Crippen molar-refractivity contribution in [3.8, 4) is 0 Å². The van der Waals surface area contributed by atoms with Crippen molar-refractivity contribution in [2.75, 3.05) is 0 Å². The number of fused-ring (bicyclic) bond motifs is 1. The minimum Gasteiger partial charge on any atom is -0.360 e. The maximum Gasteiger partial charge on any atom is 0.195 e. The molecule has 3 heteroatoms. The van der Waals surface area contributed by atoms with Crippen LogP contribution >= 0.6 is 11.6 Å². The Morgan fingerprint density at radius 3 is 2.68 bits per heavy atom. The molecule has 0 bridgehead atoms. The molecule has 19 heavy (non-hydrogen) atoms. The SMILES string of the molecule is Cc1ccccc1C(=O)c1c[nH]c2ccc(Cl)cc12. The molecular formula is C16H12ClNO. The van der Waals surface area contributed by atoms with Gasteiger partial charge in [0.1, 0.15) is 0 Å². The van der Waals surface area contributed by atoms with Gasteiger partial charge in [-0.2, -0.15) is 0 Å². The molecule has 0 amide bonds. The molecule has 0 aliphatic heterocycles. The first kappa shape index (κ1) is 12.0. The van der Waals surface area contributed by atoms with Crippen LogP contribution in [-0.2, 0) is 0 Å². The Morgan fingerprint density at radius 2 is 1.89 bits per heavy atom. The fraction of sp³-hybridized carbons (Fsp3) is 0.0625. The van der Waals surface area contributed by atoms with E-state index in [2.05, 4.69) is 4.98 Å². The van der Waals surface area contributed by atoms with E-state index in [-0.39, 0.29) is 5.78 Å². The number of nitrogens with one attached hydrogen (secondary N) is 1. The smallest absolute Gasteiger partial charge is 0.195 e. The maximum atomic E-state index is 12.6. The summed E-state index contributed by atoms with van der Waals surface area (Å²) in [7, 11) is 0. The molecule has 3 aromatic rings. The Bertz CT molecular complexity index is 773.